The average Bonchev–Trinajstić information content (AvgIpc) is 1.35. The van der Waals surface area contributed by atoms with Gasteiger partial charge >= 0.3 is 0 Å². The van der Waals surface area contributed by atoms with Gasteiger partial charge in [-0.3, -0.25) is 0 Å². The van der Waals surface area contributed by atoms with Gasteiger partial charge in [0.15, 0.2) is 0 Å². The molecule has 0 bridgehead atoms. The summed E-state index contributed by atoms with van der Waals surface area (Å²) in [5.74, 6) is 0. The van der Waals surface area contributed by atoms with Crippen molar-refractivity contribution in [1.29, 1.82) is 0 Å². The van der Waals surface area contributed by atoms with E-state index in [1.54, 1.807) is 0 Å². The molecule has 0 saturated carbocycles. The Balaban J connectivity index is 0. The third-order valence-electron chi connectivity index (χ3n) is 0.750. The van der Waals surface area contributed by atoms with Crippen molar-refractivity contribution in [3.8, 4) is 0 Å². The molecule has 0 spiro atoms. The van der Waals surface area contributed by atoms with Crippen LogP contribution in [0.4, 0.5) is 0 Å². The van der Waals surface area contributed by atoms with E-state index in [0.29, 0.717) is 0 Å². The first-order valence-electron chi connectivity index (χ1n) is 2.35. The standard InChI is InChI=1S/C5H13Si.Rf/c1-5-6(2,3)4;/h1,5H2,2-4H3;/q-1;. The zero-order valence-electron chi connectivity index (χ0n) is 5.62. The van der Waals surface area contributed by atoms with E-state index in [9.17, 15) is 0 Å². The molecule has 40 valence electrons. The van der Waals surface area contributed by atoms with Crippen molar-refractivity contribution in [3.05, 3.63) is 6.92 Å². The Kier molecular flexibility index (Phi) is 3.26. The summed E-state index contributed by atoms with van der Waals surface area (Å²) in [6.07, 6.45) is 0. The molecule has 0 heterocycles. The van der Waals surface area contributed by atoms with Crippen LogP contribution in [0.5, 0.6) is 0 Å². The summed E-state index contributed by atoms with van der Waals surface area (Å²) < 4.78 is 0. The second-order valence-electron chi connectivity index (χ2n) is 2.81. The molecule has 0 unspecified atom stereocenters. The predicted molar refractivity (Wildman–Crippen MR) is 33.5 cm³/mol. The minimum Gasteiger partial charge on any atom is -0.346 e. The summed E-state index contributed by atoms with van der Waals surface area (Å²) in [5, 5.41) is 0. The maximum Gasteiger partial charge on any atom is 0.0146 e. The molecule has 0 nitrogen and oxygen atoms in total. The third kappa shape index (κ3) is 11.0. The normalized spacial score (nSPS) is 10.3. The van der Waals surface area contributed by atoms with Gasteiger partial charge in [0.1, 0.15) is 0 Å². The molecule has 0 atom stereocenters. The SMILES string of the molecule is [CH2-]C[Si](C)(C)C.[Rf]. The summed E-state index contributed by atoms with van der Waals surface area (Å²) in [5.41, 5.74) is 0. The van der Waals surface area contributed by atoms with E-state index < -0.39 is 8.07 Å². The molecule has 0 fully saturated rings. The zero-order chi connectivity index (χ0) is 5.21. The second kappa shape index (κ2) is 2.40. The molecule has 7 heavy (non-hydrogen) atoms. The second-order valence-corrected chi connectivity index (χ2v) is 8.43. The van der Waals surface area contributed by atoms with E-state index in [2.05, 4.69) is 26.6 Å². The summed E-state index contributed by atoms with van der Waals surface area (Å²) in [4.78, 5) is 0. The van der Waals surface area contributed by atoms with Gasteiger partial charge in [-0.05, 0) is 0 Å². The van der Waals surface area contributed by atoms with Gasteiger partial charge < -0.3 is 6.92 Å². The number of hydrogen-bond donors (Lipinski definition) is 0. The van der Waals surface area contributed by atoms with Crippen molar-refractivity contribution < 1.29 is 0 Å². The van der Waals surface area contributed by atoms with Crippen molar-refractivity contribution in [2.45, 2.75) is 25.7 Å². The zero-order valence-corrected chi connectivity index (χ0v) is 13.0. The maximum atomic E-state index is 3.82. The van der Waals surface area contributed by atoms with Crippen LogP contribution in [-0.4, -0.2) is 8.07 Å². The molecular formula is C5H13RfSi-. The first-order valence-corrected chi connectivity index (χ1v) is 6.06. The fraction of sp³-hybridized carbons (Fsp3) is 0.800. The van der Waals surface area contributed by atoms with Crippen LogP contribution in [-0.2, 0) is 0 Å². The summed E-state index contributed by atoms with van der Waals surface area (Å²) in [6, 6.07) is 1.16. The summed E-state index contributed by atoms with van der Waals surface area (Å²) >= 11 is 0. The van der Waals surface area contributed by atoms with Crippen molar-refractivity contribution in [2.24, 2.45) is 0 Å². The van der Waals surface area contributed by atoms with Crippen molar-refractivity contribution in [3.63, 3.8) is 0 Å². The van der Waals surface area contributed by atoms with Crippen LogP contribution in [0.15, 0.2) is 0 Å². The van der Waals surface area contributed by atoms with Crippen LogP contribution in [0, 0.1) is 6.92 Å². The van der Waals surface area contributed by atoms with Gasteiger partial charge in [0, 0.05) is 8.07 Å². The van der Waals surface area contributed by atoms with E-state index in [4.69, 9.17) is 0 Å². The van der Waals surface area contributed by atoms with Crippen LogP contribution in [0.1, 0.15) is 0 Å². The smallest absolute Gasteiger partial charge is 0.0146 e. The molecule has 0 radical (unpaired) electrons. The molecule has 0 aliphatic heterocycles. The fourth-order valence-corrected chi connectivity index (χ4v) is 0. The van der Waals surface area contributed by atoms with Crippen LogP contribution in [0.2, 0.25) is 25.7 Å². The molecule has 0 aliphatic rings. The van der Waals surface area contributed by atoms with Crippen LogP contribution in [0.25, 0.3) is 0 Å². The van der Waals surface area contributed by atoms with E-state index in [1.165, 1.54) is 0 Å². The fourth-order valence-electron chi connectivity index (χ4n) is 0. The Labute approximate surface area is 41.6 Å². The Bertz CT molecular complexity index is 37.8. The topological polar surface area (TPSA) is 0 Å². The van der Waals surface area contributed by atoms with Gasteiger partial charge in [0.25, 0.3) is 0 Å². The molecule has 2 heteroatoms. The van der Waals surface area contributed by atoms with Gasteiger partial charge in [-0.25, -0.2) is 0 Å². The Morgan fingerprint density at radius 3 is 1.43 bits per heavy atom. The van der Waals surface area contributed by atoms with Crippen LogP contribution in [0.3, 0.4) is 0 Å². The molecule has 0 N–H and O–H groups in total. The van der Waals surface area contributed by atoms with E-state index in [0.717, 1.165) is 6.04 Å². The molecule has 0 amide bonds. The minimum absolute atomic E-state index is 0. The molecule has 0 saturated heterocycles. The van der Waals surface area contributed by atoms with Crippen LogP contribution < -0.4 is 0 Å². The summed E-state index contributed by atoms with van der Waals surface area (Å²) in [7, 11) is -0.742. The van der Waals surface area contributed by atoms with Crippen molar-refractivity contribution in [1.82, 2.24) is 0 Å². The number of hydrogen-bond acceptors (Lipinski definition) is 0. The molecular weight excluding hydrogens is 355 g/mol. The summed E-state index contributed by atoms with van der Waals surface area (Å²) in [6.45, 7) is 10.8. The van der Waals surface area contributed by atoms with Crippen LogP contribution >= 0.6 is 0 Å². The van der Waals surface area contributed by atoms with Gasteiger partial charge in [0.2, 0.25) is 0 Å². The first-order chi connectivity index (χ1) is 2.56. The molecule has 0 aromatic heterocycles. The largest absolute Gasteiger partial charge is 0.346 e. The van der Waals surface area contributed by atoms with Gasteiger partial charge in [-0.1, -0.05) is 19.6 Å². The first kappa shape index (κ1) is 9.52. The van der Waals surface area contributed by atoms with E-state index in [-0.39, 0.29) is 0 Å². The van der Waals surface area contributed by atoms with Crippen molar-refractivity contribution >= 4 is 8.07 Å². The van der Waals surface area contributed by atoms with Gasteiger partial charge in [-0.2, -0.15) is 6.04 Å². The van der Waals surface area contributed by atoms with E-state index in [1.807, 2.05) is 0 Å². The molecule has 0 aromatic carbocycles. The molecule has 0 rings (SSSR count). The van der Waals surface area contributed by atoms with Gasteiger partial charge in [0.05, 0.1) is 0 Å². The Hall–Kier alpha value is -0.783. The molecule has 0 aromatic rings. The average molecular weight is 368 g/mol. The Morgan fingerprint density at radius 1 is 1.29 bits per heavy atom. The Morgan fingerprint density at radius 2 is 1.43 bits per heavy atom. The van der Waals surface area contributed by atoms with Gasteiger partial charge in [-0.15, -0.1) is 0 Å². The monoisotopic (exact) mass is 368 g/mol. The predicted octanol–water partition coefficient (Wildman–Crippen LogP) is 2.16. The van der Waals surface area contributed by atoms with E-state index >= 15 is 0 Å². The number of rotatable bonds is 1. The van der Waals surface area contributed by atoms with Crippen molar-refractivity contribution in [2.75, 3.05) is 0 Å². The third-order valence-corrected chi connectivity index (χ3v) is 2.25. The quantitative estimate of drug-likeness (QED) is 0.492. The minimum atomic E-state index is -0.742. The molecule has 0 aliphatic carbocycles. The maximum absolute atomic E-state index is 3.82.